The van der Waals surface area contributed by atoms with Crippen LogP contribution in [0.4, 0.5) is 0 Å². The van der Waals surface area contributed by atoms with Crippen molar-refractivity contribution in [2.75, 3.05) is 14.1 Å². The first kappa shape index (κ1) is 7.18. The van der Waals surface area contributed by atoms with Gasteiger partial charge in [0, 0.05) is 10.2 Å². The highest BCUT2D eigenvalue weighted by Gasteiger charge is 1.97. The molecule has 0 aliphatic heterocycles. The van der Waals surface area contributed by atoms with Crippen LogP contribution >= 0.6 is 0 Å². The molecule has 7 heavy (non-hydrogen) atoms. The fourth-order valence-electron chi connectivity index (χ4n) is 0.258. The van der Waals surface area contributed by atoms with Crippen LogP contribution in [-0.4, -0.2) is 34.9 Å². The lowest BCUT2D eigenvalue weighted by atomic mass is 10.4. The number of hydrogen-bond acceptors (Lipinski definition) is 1. The SMILES string of the molecule is [CH2]CC([SiH3])N(C)C. The van der Waals surface area contributed by atoms with Crippen molar-refractivity contribution < 1.29 is 0 Å². The van der Waals surface area contributed by atoms with E-state index >= 15 is 0 Å². The van der Waals surface area contributed by atoms with E-state index in [4.69, 9.17) is 0 Å². The lowest BCUT2D eigenvalue weighted by Crippen LogP contribution is -2.26. The Morgan fingerprint density at radius 3 is 2.14 bits per heavy atom. The maximum atomic E-state index is 3.80. The second-order valence-corrected chi connectivity index (χ2v) is 3.43. The molecule has 1 unspecified atom stereocenters. The second kappa shape index (κ2) is 3.21. The van der Waals surface area contributed by atoms with Crippen LogP contribution in [0.25, 0.3) is 0 Å². The van der Waals surface area contributed by atoms with Crippen molar-refractivity contribution in [3.05, 3.63) is 6.92 Å². The minimum atomic E-state index is 0.764. The highest BCUT2D eigenvalue weighted by Crippen LogP contribution is 1.89. The van der Waals surface area contributed by atoms with Gasteiger partial charge in [0.15, 0.2) is 0 Å². The van der Waals surface area contributed by atoms with Gasteiger partial charge in [-0.2, -0.15) is 0 Å². The summed E-state index contributed by atoms with van der Waals surface area (Å²) in [4.78, 5) is 2.22. The van der Waals surface area contributed by atoms with Crippen LogP contribution in [0.5, 0.6) is 0 Å². The molecule has 1 nitrogen and oxygen atoms in total. The Morgan fingerprint density at radius 2 is 2.14 bits per heavy atom. The van der Waals surface area contributed by atoms with Gasteiger partial charge < -0.3 is 4.90 Å². The van der Waals surface area contributed by atoms with Crippen LogP contribution in [0, 0.1) is 6.92 Å². The molecule has 0 bridgehead atoms. The summed E-state index contributed by atoms with van der Waals surface area (Å²) in [6.45, 7) is 3.80. The molecule has 0 rings (SSSR count). The smallest absolute Gasteiger partial charge is 0.0244 e. The zero-order valence-corrected chi connectivity index (χ0v) is 7.44. The van der Waals surface area contributed by atoms with Gasteiger partial charge in [-0.15, -0.1) is 0 Å². The average Bonchev–Trinajstić information content (AvgIpc) is 1.65. The molecule has 1 radical (unpaired) electrons. The van der Waals surface area contributed by atoms with Crippen molar-refractivity contribution in [3.63, 3.8) is 0 Å². The molecule has 2 heteroatoms. The first-order valence-electron chi connectivity index (χ1n) is 2.64. The molecule has 1 atom stereocenters. The summed E-state index contributed by atoms with van der Waals surface area (Å²) in [6.07, 6.45) is 1.05. The standard InChI is InChI=1S/C5H14NSi/c1-4-5(7)6(2)3/h5H,1,4H2,2-3,7H3. The topological polar surface area (TPSA) is 3.24 Å². The van der Waals surface area contributed by atoms with E-state index < -0.39 is 0 Å². The molecule has 0 saturated carbocycles. The summed E-state index contributed by atoms with van der Waals surface area (Å²) >= 11 is 0. The first-order chi connectivity index (χ1) is 3.18. The van der Waals surface area contributed by atoms with Crippen molar-refractivity contribution >= 4 is 10.2 Å². The zero-order chi connectivity index (χ0) is 5.86. The van der Waals surface area contributed by atoms with E-state index in [9.17, 15) is 0 Å². The molecule has 0 aromatic rings. The molecule has 0 aromatic carbocycles. The summed E-state index contributed by atoms with van der Waals surface area (Å²) in [5, 5.41) is 0. The van der Waals surface area contributed by atoms with Crippen LogP contribution in [0.2, 0.25) is 0 Å². The lowest BCUT2D eigenvalue weighted by Gasteiger charge is -2.16. The van der Waals surface area contributed by atoms with Gasteiger partial charge in [-0.25, -0.2) is 0 Å². The predicted octanol–water partition coefficient (Wildman–Crippen LogP) is -0.536. The van der Waals surface area contributed by atoms with E-state index in [1.54, 1.807) is 0 Å². The van der Waals surface area contributed by atoms with E-state index in [2.05, 4.69) is 25.9 Å². The number of nitrogens with zero attached hydrogens (tertiary/aromatic N) is 1. The van der Waals surface area contributed by atoms with Crippen molar-refractivity contribution in [1.82, 2.24) is 4.90 Å². The normalized spacial score (nSPS) is 15.4. The Balaban J connectivity index is 3.14. The van der Waals surface area contributed by atoms with E-state index in [1.165, 1.54) is 10.2 Å². The summed E-state index contributed by atoms with van der Waals surface area (Å²) in [5.74, 6) is 0. The summed E-state index contributed by atoms with van der Waals surface area (Å²) in [7, 11) is 5.44. The molecule has 0 aliphatic carbocycles. The molecule has 0 amide bonds. The van der Waals surface area contributed by atoms with Crippen LogP contribution in [0.15, 0.2) is 0 Å². The van der Waals surface area contributed by atoms with Gasteiger partial charge >= 0.3 is 0 Å². The molecule has 0 heterocycles. The molecule has 43 valence electrons. The van der Waals surface area contributed by atoms with Crippen molar-refractivity contribution in [2.24, 2.45) is 0 Å². The summed E-state index contributed by atoms with van der Waals surface area (Å²) in [5.41, 5.74) is 0.764. The number of hydrogen-bond donors (Lipinski definition) is 0. The van der Waals surface area contributed by atoms with Gasteiger partial charge in [0.2, 0.25) is 0 Å². The number of rotatable bonds is 2. The Morgan fingerprint density at radius 1 is 1.71 bits per heavy atom. The van der Waals surface area contributed by atoms with Gasteiger partial charge in [-0.1, -0.05) is 6.92 Å². The molecule has 0 aliphatic rings. The second-order valence-electron chi connectivity index (χ2n) is 2.10. The molecule has 0 N–H and O–H groups in total. The van der Waals surface area contributed by atoms with E-state index in [1.807, 2.05) is 0 Å². The highest BCUT2D eigenvalue weighted by molar-refractivity contribution is 6.11. The Bertz CT molecular complexity index is 45.3. The molecular weight excluding hydrogens is 102 g/mol. The predicted molar refractivity (Wildman–Crippen MR) is 37.4 cm³/mol. The Labute approximate surface area is 49.1 Å². The van der Waals surface area contributed by atoms with Gasteiger partial charge in [0.05, 0.1) is 0 Å². The summed E-state index contributed by atoms with van der Waals surface area (Å²) in [6, 6.07) is 0. The minimum absolute atomic E-state index is 0.764. The largest absolute Gasteiger partial charge is 0.310 e. The van der Waals surface area contributed by atoms with Crippen molar-refractivity contribution in [1.29, 1.82) is 0 Å². The Kier molecular flexibility index (Phi) is 3.30. The molecule has 0 spiro atoms. The highest BCUT2D eigenvalue weighted by atomic mass is 28.1. The van der Waals surface area contributed by atoms with Gasteiger partial charge in [0.1, 0.15) is 0 Å². The third kappa shape index (κ3) is 2.82. The van der Waals surface area contributed by atoms with Gasteiger partial charge in [-0.05, 0) is 26.2 Å². The molecule has 0 saturated heterocycles. The molecule has 0 fully saturated rings. The quantitative estimate of drug-likeness (QED) is 0.438. The van der Waals surface area contributed by atoms with E-state index in [-0.39, 0.29) is 0 Å². The van der Waals surface area contributed by atoms with E-state index in [0.717, 1.165) is 12.1 Å². The third-order valence-corrected chi connectivity index (χ3v) is 2.91. The van der Waals surface area contributed by atoms with E-state index in [0.29, 0.717) is 0 Å². The maximum absolute atomic E-state index is 3.80. The lowest BCUT2D eigenvalue weighted by molar-refractivity contribution is 0.376. The van der Waals surface area contributed by atoms with Crippen molar-refractivity contribution in [2.45, 2.75) is 12.1 Å². The monoisotopic (exact) mass is 116 g/mol. The minimum Gasteiger partial charge on any atom is -0.310 e. The third-order valence-electron chi connectivity index (χ3n) is 1.30. The average molecular weight is 116 g/mol. The fraction of sp³-hybridized carbons (Fsp3) is 0.800. The Hall–Kier alpha value is 0.177. The first-order valence-corrected chi connectivity index (χ1v) is 3.79. The molecular formula is C5H14NSi. The van der Waals surface area contributed by atoms with Crippen LogP contribution in [0.1, 0.15) is 6.42 Å². The van der Waals surface area contributed by atoms with Crippen LogP contribution < -0.4 is 0 Å². The van der Waals surface area contributed by atoms with Crippen LogP contribution in [0.3, 0.4) is 0 Å². The molecule has 0 aromatic heterocycles. The van der Waals surface area contributed by atoms with Crippen LogP contribution in [-0.2, 0) is 0 Å². The van der Waals surface area contributed by atoms with Gasteiger partial charge in [0.25, 0.3) is 0 Å². The maximum Gasteiger partial charge on any atom is 0.0244 e. The zero-order valence-electron chi connectivity index (χ0n) is 5.44. The van der Waals surface area contributed by atoms with Gasteiger partial charge in [-0.3, -0.25) is 0 Å². The van der Waals surface area contributed by atoms with Crippen molar-refractivity contribution in [3.8, 4) is 0 Å². The summed E-state index contributed by atoms with van der Waals surface area (Å²) < 4.78 is 0. The fourth-order valence-corrected chi connectivity index (χ4v) is 0.258.